The normalized spacial score (nSPS) is 10.7. The monoisotopic (exact) mass is 493 g/mol. The molecule has 1 aromatic carbocycles. The maximum absolute atomic E-state index is 13.2. The minimum absolute atomic E-state index is 0.0313. The lowest BCUT2D eigenvalue weighted by Gasteiger charge is -2.30. The number of rotatable bonds is 12. The number of carbonyl (C=O) groups excluding carboxylic acids is 3. The van der Waals surface area contributed by atoms with Gasteiger partial charge in [0, 0.05) is 32.0 Å². The van der Waals surface area contributed by atoms with Crippen LogP contribution < -0.4 is 20.4 Å². The van der Waals surface area contributed by atoms with E-state index in [-0.39, 0.29) is 24.9 Å². The number of hydrogen-bond donors (Lipinski definition) is 2. The minimum atomic E-state index is -0.256. The molecule has 3 aromatic rings. The summed E-state index contributed by atoms with van der Waals surface area (Å²) in [4.78, 5) is 45.7. The van der Waals surface area contributed by atoms with Crippen LogP contribution in [0.5, 0.6) is 0 Å². The van der Waals surface area contributed by atoms with Crippen LogP contribution in [0.3, 0.4) is 0 Å². The van der Waals surface area contributed by atoms with E-state index in [1.807, 2.05) is 48.8 Å². The highest BCUT2D eigenvalue weighted by molar-refractivity contribution is 7.12. The number of benzene rings is 1. The number of pyridine rings is 1. The Labute approximate surface area is 210 Å². The molecule has 0 radical (unpaired) electrons. The summed E-state index contributed by atoms with van der Waals surface area (Å²) in [5, 5.41) is 7.84. The Morgan fingerprint density at radius 1 is 1.11 bits per heavy atom. The fourth-order valence-corrected chi connectivity index (χ4v) is 4.31. The standard InChI is InChI=1S/C26H31N5O3S/c1-19(2)18-30(3)22-10-9-20(29-26(34)24-8-6-14-35-24)15-23(22)31(12-13-32)25(33)17-27-16-21-7-4-5-11-28-21/h4-11,13-15,19,27H,12,16-18H2,1-3H3,(H,29,34). The number of aromatic nitrogens is 1. The molecule has 0 spiro atoms. The van der Waals surface area contributed by atoms with Gasteiger partial charge in [0.15, 0.2) is 0 Å². The Bertz CT molecular complexity index is 1120. The molecule has 2 aromatic heterocycles. The molecule has 9 heteroatoms. The van der Waals surface area contributed by atoms with Gasteiger partial charge in [0.2, 0.25) is 5.91 Å². The number of nitrogens with one attached hydrogen (secondary N) is 2. The summed E-state index contributed by atoms with van der Waals surface area (Å²) in [6.07, 6.45) is 2.41. The predicted molar refractivity (Wildman–Crippen MR) is 141 cm³/mol. The Hall–Kier alpha value is -3.56. The Kier molecular flexibility index (Phi) is 9.51. The van der Waals surface area contributed by atoms with Gasteiger partial charge in [-0.1, -0.05) is 26.0 Å². The van der Waals surface area contributed by atoms with Gasteiger partial charge in [-0.3, -0.25) is 14.6 Å². The van der Waals surface area contributed by atoms with Crippen molar-refractivity contribution in [2.24, 2.45) is 5.92 Å². The largest absolute Gasteiger partial charge is 0.373 e. The molecule has 2 N–H and O–H groups in total. The molecular formula is C26H31N5O3S. The summed E-state index contributed by atoms with van der Waals surface area (Å²) in [6.45, 7) is 5.34. The molecule has 0 aliphatic rings. The van der Waals surface area contributed by atoms with Crippen LogP contribution in [0.1, 0.15) is 29.2 Å². The molecule has 2 amide bonds. The summed E-state index contributed by atoms with van der Waals surface area (Å²) >= 11 is 1.35. The van der Waals surface area contributed by atoms with Gasteiger partial charge < -0.3 is 25.2 Å². The van der Waals surface area contributed by atoms with Crippen LogP contribution in [-0.4, -0.2) is 49.8 Å². The molecule has 0 atom stereocenters. The van der Waals surface area contributed by atoms with Gasteiger partial charge in [0.05, 0.1) is 35.0 Å². The fourth-order valence-electron chi connectivity index (χ4n) is 3.69. The first kappa shape index (κ1) is 26.1. The van der Waals surface area contributed by atoms with E-state index < -0.39 is 0 Å². The maximum atomic E-state index is 13.2. The maximum Gasteiger partial charge on any atom is 0.265 e. The minimum Gasteiger partial charge on any atom is -0.373 e. The van der Waals surface area contributed by atoms with Gasteiger partial charge in [-0.15, -0.1) is 11.3 Å². The van der Waals surface area contributed by atoms with Crippen molar-refractivity contribution in [1.82, 2.24) is 10.3 Å². The summed E-state index contributed by atoms with van der Waals surface area (Å²) in [5.74, 6) is -0.0881. The van der Waals surface area contributed by atoms with E-state index in [4.69, 9.17) is 0 Å². The average Bonchev–Trinajstić information content (AvgIpc) is 3.38. The fraction of sp³-hybridized carbons (Fsp3) is 0.308. The van der Waals surface area contributed by atoms with Crippen LogP contribution in [0.2, 0.25) is 0 Å². The third-order valence-corrected chi connectivity index (χ3v) is 6.05. The molecule has 8 nitrogen and oxygen atoms in total. The smallest absolute Gasteiger partial charge is 0.265 e. The zero-order valence-corrected chi connectivity index (χ0v) is 21.0. The second-order valence-electron chi connectivity index (χ2n) is 8.50. The van der Waals surface area contributed by atoms with Crippen molar-refractivity contribution >= 4 is 46.5 Å². The van der Waals surface area contributed by atoms with Crippen LogP contribution in [0, 0.1) is 5.92 Å². The third-order valence-electron chi connectivity index (χ3n) is 5.19. The number of hydrogen-bond acceptors (Lipinski definition) is 7. The molecule has 184 valence electrons. The van der Waals surface area contributed by atoms with Crippen molar-refractivity contribution in [3.63, 3.8) is 0 Å². The Morgan fingerprint density at radius 2 is 1.94 bits per heavy atom. The van der Waals surface area contributed by atoms with Crippen molar-refractivity contribution in [2.75, 3.05) is 41.8 Å². The highest BCUT2D eigenvalue weighted by Crippen LogP contribution is 2.33. The van der Waals surface area contributed by atoms with Gasteiger partial charge in [0.1, 0.15) is 6.29 Å². The third kappa shape index (κ3) is 7.46. The van der Waals surface area contributed by atoms with Crippen molar-refractivity contribution in [2.45, 2.75) is 20.4 Å². The number of amides is 2. The Balaban J connectivity index is 1.86. The van der Waals surface area contributed by atoms with E-state index in [1.165, 1.54) is 16.2 Å². The molecule has 0 fully saturated rings. The van der Waals surface area contributed by atoms with Gasteiger partial charge >= 0.3 is 0 Å². The van der Waals surface area contributed by atoms with Crippen LogP contribution >= 0.6 is 11.3 Å². The number of thiophene rings is 1. The number of aldehydes is 1. The first-order chi connectivity index (χ1) is 16.9. The van der Waals surface area contributed by atoms with Crippen molar-refractivity contribution in [3.8, 4) is 0 Å². The molecule has 0 aliphatic heterocycles. The van der Waals surface area contributed by atoms with E-state index in [1.54, 1.807) is 18.3 Å². The summed E-state index contributed by atoms with van der Waals surface area (Å²) < 4.78 is 0. The van der Waals surface area contributed by atoms with Crippen molar-refractivity contribution < 1.29 is 14.4 Å². The quantitative estimate of drug-likeness (QED) is 0.373. The predicted octanol–water partition coefficient (Wildman–Crippen LogP) is 3.81. The number of anilines is 3. The van der Waals surface area contributed by atoms with Gasteiger partial charge in [0.25, 0.3) is 5.91 Å². The summed E-state index contributed by atoms with van der Waals surface area (Å²) in [5.41, 5.74) is 2.73. The van der Waals surface area contributed by atoms with E-state index in [2.05, 4.69) is 34.4 Å². The van der Waals surface area contributed by atoms with Crippen molar-refractivity contribution in [1.29, 1.82) is 0 Å². The molecule has 0 aliphatic carbocycles. The van der Waals surface area contributed by atoms with E-state index in [9.17, 15) is 14.4 Å². The molecular weight excluding hydrogens is 462 g/mol. The highest BCUT2D eigenvalue weighted by Gasteiger charge is 2.22. The molecule has 2 heterocycles. The number of carbonyl (C=O) groups is 3. The lowest BCUT2D eigenvalue weighted by Crippen LogP contribution is -2.40. The van der Waals surface area contributed by atoms with Crippen LogP contribution in [-0.2, 0) is 16.1 Å². The highest BCUT2D eigenvalue weighted by atomic mass is 32.1. The SMILES string of the molecule is CC(C)CN(C)c1ccc(NC(=O)c2cccs2)cc1N(CC=O)C(=O)CNCc1ccccn1. The molecule has 0 unspecified atom stereocenters. The molecule has 3 rings (SSSR count). The van der Waals surface area contributed by atoms with E-state index >= 15 is 0 Å². The van der Waals surface area contributed by atoms with Gasteiger partial charge in [-0.25, -0.2) is 0 Å². The lowest BCUT2D eigenvalue weighted by atomic mass is 10.1. The molecule has 35 heavy (non-hydrogen) atoms. The van der Waals surface area contributed by atoms with Gasteiger partial charge in [-0.05, 0) is 47.7 Å². The molecule has 0 bridgehead atoms. The van der Waals surface area contributed by atoms with E-state index in [0.29, 0.717) is 35.0 Å². The zero-order chi connectivity index (χ0) is 25.2. The van der Waals surface area contributed by atoms with Crippen LogP contribution in [0.15, 0.2) is 60.1 Å². The molecule has 0 saturated heterocycles. The summed E-state index contributed by atoms with van der Waals surface area (Å²) in [6, 6.07) is 14.6. The molecule has 0 saturated carbocycles. The first-order valence-electron chi connectivity index (χ1n) is 11.4. The average molecular weight is 494 g/mol. The zero-order valence-electron chi connectivity index (χ0n) is 20.2. The number of nitrogens with zero attached hydrogens (tertiary/aromatic N) is 3. The second kappa shape index (κ2) is 12.8. The topological polar surface area (TPSA) is 94.6 Å². The van der Waals surface area contributed by atoms with Gasteiger partial charge in [-0.2, -0.15) is 0 Å². The Morgan fingerprint density at radius 3 is 2.60 bits per heavy atom. The van der Waals surface area contributed by atoms with Crippen LogP contribution in [0.4, 0.5) is 17.1 Å². The van der Waals surface area contributed by atoms with Crippen molar-refractivity contribution in [3.05, 3.63) is 70.7 Å². The van der Waals surface area contributed by atoms with Crippen LogP contribution in [0.25, 0.3) is 0 Å². The summed E-state index contributed by atoms with van der Waals surface area (Å²) in [7, 11) is 1.95. The van der Waals surface area contributed by atoms with E-state index in [0.717, 1.165) is 17.9 Å². The second-order valence-corrected chi connectivity index (χ2v) is 9.45. The first-order valence-corrected chi connectivity index (χ1v) is 12.3. The lowest BCUT2D eigenvalue weighted by molar-refractivity contribution is -0.119.